The molecule has 4 heterocycles. The van der Waals surface area contributed by atoms with E-state index in [-0.39, 0.29) is 16.6 Å². The van der Waals surface area contributed by atoms with Crippen molar-refractivity contribution in [3.05, 3.63) is 269 Å². The van der Waals surface area contributed by atoms with Gasteiger partial charge in [-0.3, -0.25) is 9.59 Å². The Bertz CT molecular complexity index is 3750. The summed E-state index contributed by atoms with van der Waals surface area (Å²) in [5.41, 5.74) is 13.9. The van der Waals surface area contributed by atoms with Gasteiger partial charge in [-0.1, -0.05) is 111 Å². The van der Waals surface area contributed by atoms with Crippen LogP contribution in [0, 0.1) is 0 Å². The number of ether oxygens (including phenoxy) is 2. The van der Waals surface area contributed by atoms with Crippen LogP contribution in [0.1, 0.15) is 40.9 Å². The predicted octanol–water partition coefficient (Wildman–Crippen LogP) is 17.1. The molecule has 1 aromatic heterocycles. The van der Waals surface area contributed by atoms with Gasteiger partial charge in [-0.25, -0.2) is 0 Å². The zero-order valence-corrected chi connectivity index (χ0v) is 39.9. The predicted molar refractivity (Wildman–Crippen MR) is 293 cm³/mol. The van der Waals surface area contributed by atoms with Gasteiger partial charge in [0.2, 0.25) is 5.43 Å². The first-order valence-electron chi connectivity index (χ1n) is 24.3. The van der Waals surface area contributed by atoms with Crippen LogP contribution in [0.5, 0.6) is 23.0 Å². The van der Waals surface area contributed by atoms with Crippen molar-refractivity contribution < 1.29 is 18.7 Å². The van der Waals surface area contributed by atoms with Crippen LogP contribution in [0.15, 0.2) is 246 Å². The summed E-state index contributed by atoms with van der Waals surface area (Å²) in [4.78, 5) is 33.1. The minimum Gasteiger partial charge on any atom is -0.456 e. The molecule has 14 rings (SSSR count). The molecule has 0 amide bonds. The molecule has 3 aliphatic rings. The van der Waals surface area contributed by atoms with Crippen LogP contribution in [0.4, 0.5) is 51.2 Å². The molecule has 11 aromatic rings. The fourth-order valence-electron chi connectivity index (χ4n) is 10.5. The molecule has 0 bridgehead atoms. The van der Waals surface area contributed by atoms with Gasteiger partial charge in [0.1, 0.15) is 11.2 Å². The summed E-state index contributed by atoms with van der Waals surface area (Å²) in [6.07, 6.45) is 0. The number of nitrogens with zero attached hydrogens (tertiary/aromatic N) is 3. The quantitative estimate of drug-likeness (QED) is 0.125. The van der Waals surface area contributed by atoms with E-state index in [1.165, 1.54) is 11.1 Å². The number of carbonyl (C=O) groups excluding carboxylic acids is 1. The standard InChI is InChI=1S/C37H24N2O3.C28H21NO2/c40-37(25-17-21-27(22-18-25)38-29-9-1-5-13-33(29)41-34-14-6-2-10-30(34)38)26-19-23-28(24-20-26)39-31-11-3-7-15-35(31)42-36-16-8-4-12-32(36)39;1-28(2)21-10-4-6-12-23(21)29(24-13-7-5-11-22(24)28)18-15-16-20-26(17-18)31-25-14-8-3-9-19(25)27(20)30/h1-24H;3-17H,1-2H3. The molecule has 350 valence electrons. The lowest BCUT2D eigenvalue weighted by Gasteiger charge is -2.42. The van der Waals surface area contributed by atoms with Gasteiger partial charge >= 0.3 is 0 Å². The summed E-state index contributed by atoms with van der Waals surface area (Å²) < 4.78 is 18.4. The van der Waals surface area contributed by atoms with Gasteiger partial charge in [-0.15, -0.1) is 0 Å². The van der Waals surface area contributed by atoms with Crippen molar-refractivity contribution >= 4 is 78.9 Å². The highest BCUT2D eigenvalue weighted by Crippen LogP contribution is 2.53. The second kappa shape index (κ2) is 17.3. The van der Waals surface area contributed by atoms with E-state index in [1.807, 2.05) is 188 Å². The van der Waals surface area contributed by atoms with Crippen LogP contribution in [-0.2, 0) is 5.41 Å². The molecule has 73 heavy (non-hydrogen) atoms. The molecule has 0 saturated carbocycles. The SMILES string of the molecule is CC1(C)c2ccccc2N(c2ccc3c(=O)c4ccccc4oc3c2)c2ccccc21.O=C(c1ccc(N2c3ccccc3Oc3ccccc32)cc1)c1ccc(N2c3ccccc3Oc3ccccc32)cc1. The normalized spacial score (nSPS) is 13.4. The summed E-state index contributed by atoms with van der Waals surface area (Å²) in [7, 11) is 0. The molecule has 8 nitrogen and oxygen atoms in total. The maximum Gasteiger partial charge on any atom is 0.200 e. The van der Waals surface area contributed by atoms with E-state index in [1.54, 1.807) is 0 Å². The van der Waals surface area contributed by atoms with Crippen molar-refractivity contribution in [2.24, 2.45) is 0 Å². The van der Waals surface area contributed by atoms with Crippen molar-refractivity contribution in [1.29, 1.82) is 0 Å². The van der Waals surface area contributed by atoms with Gasteiger partial charge in [-0.2, -0.15) is 0 Å². The second-order valence-electron chi connectivity index (χ2n) is 18.8. The number of anilines is 9. The Morgan fingerprint density at radius 3 is 1.19 bits per heavy atom. The molecule has 3 aliphatic heterocycles. The monoisotopic (exact) mass is 947 g/mol. The Morgan fingerprint density at radius 2 is 0.726 bits per heavy atom. The van der Waals surface area contributed by atoms with Gasteiger partial charge < -0.3 is 28.6 Å². The Balaban J connectivity index is 0.000000148. The van der Waals surface area contributed by atoms with E-state index >= 15 is 0 Å². The number of hydrogen-bond donors (Lipinski definition) is 0. The maximum absolute atomic E-state index is 13.5. The molecule has 0 unspecified atom stereocenters. The van der Waals surface area contributed by atoms with E-state index in [0.29, 0.717) is 33.1 Å². The number of para-hydroxylation sites is 11. The van der Waals surface area contributed by atoms with E-state index in [9.17, 15) is 9.59 Å². The number of hydrogen-bond acceptors (Lipinski definition) is 8. The summed E-state index contributed by atoms with van der Waals surface area (Å²) >= 11 is 0. The first-order valence-corrected chi connectivity index (χ1v) is 24.3. The van der Waals surface area contributed by atoms with E-state index < -0.39 is 0 Å². The van der Waals surface area contributed by atoms with Crippen LogP contribution >= 0.6 is 0 Å². The summed E-state index contributed by atoms with van der Waals surface area (Å²) in [6.45, 7) is 4.54. The van der Waals surface area contributed by atoms with Gasteiger partial charge in [0.25, 0.3) is 0 Å². The average Bonchev–Trinajstić information content (AvgIpc) is 3.44. The number of benzene rings is 10. The molecule has 0 aliphatic carbocycles. The number of fused-ring (bicyclic) bond motifs is 8. The molecule has 0 N–H and O–H groups in total. The maximum atomic E-state index is 13.5. The highest BCUT2D eigenvalue weighted by molar-refractivity contribution is 6.09. The molecule has 0 radical (unpaired) electrons. The topological polar surface area (TPSA) is 75.5 Å². The smallest absolute Gasteiger partial charge is 0.200 e. The third-order valence-electron chi connectivity index (χ3n) is 14.1. The summed E-state index contributed by atoms with van der Waals surface area (Å²) in [5.74, 6) is 3.14. The Hall–Kier alpha value is -9.66. The van der Waals surface area contributed by atoms with Gasteiger partial charge in [0.15, 0.2) is 28.8 Å². The van der Waals surface area contributed by atoms with Crippen molar-refractivity contribution in [3.63, 3.8) is 0 Å². The lowest BCUT2D eigenvalue weighted by atomic mass is 9.73. The lowest BCUT2D eigenvalue weighted by Crippen LogP contribution is -2.30. The van der Waals surface area contributed by atoms with Gasteiger partial charge in [0.05, 0.1) is 44.9 Å². The molecule has 0 saturated heterocycles. The van der Waals surface area contributed by atoms with Crippen LogP contribution in [0.2, 0.25) is 0 Å². The van der Waals surface area contributed by atoms with Crippen molar-refractivity contribution in [1.82, 2.24) is 0 Å². The molecule has 0 fully saturated rings. The fourth-order valence-corrected chi connectivity index (χ4v) is 10.5. The van der Waals surface area contributed by atoms with E-state index in [2.05, 4.69) is 77.1 Å². The number of rotatable bonds is 5. The highest BCUT2D eigenvalue weighted by Gasteiger charge is 2.37. The third kappa shape index (κ3) is 7.30. The van der Waals surface area contributed by atoms with Gasteiger partial charge in [-0.05, 0) is 145 Å². The minimum atomic E-state index is -0.108. The van der Waals surface area contributed by atoms with Crippen LogP contribution in [0.25, 0.3) is 21.9 Å². The van der Waals surface area contributed by atoms with Crippen LogP contribution in [-0.4, -0.2) is 5.78 Å². The van der Waals surface area contributed by atoms with Crippen LogP contribution < -0.4 is 29.6 Å². The first kappa shape index (κ1) is 43.4. The summed E-state index contributed by atoms with van der Waals surface area (Å²) in [6, 6.07) is 77.7. The minimum absolute atomic E-state index is 0.00368. The lowest BCUT2D eigenvalue weighted by molar-refractivity contribution is 0.103. The second-order valence-corrected chi connectivity index (χ2v) is 18.8. The fraction of sp³-hybridized carbons (Fsp3) is 0.0462. The largest absolute Gasteiger partial charge is 0.456 e. The summed E-state index contributed by atoms with van der Waals surface area (Å²) in [5, 5.41) is 1.21. The van der Waals surface area contributed by atoms with E-state index in [4.69, 9.17) is 13.9 Å². The molecular weight excluding hydrogens is 903 g/mol. The number of ketones is 1. The zero-order valence-electron chi connectivity index (χ0n) is 39.9. The average molecular weight is 948 g/mol. The molecule has 8 heteroatoms. The Morgan fingerprint density at radius 1 is 0.370 bits per heavy atom. The van der Waals surface area contributed by atoms with Crippen molar-refractivity contribution in [2.45, 2.75) is 19.3 Å². The molecule has 0 atom stereocenters. The first-order chi connectivity index (χ1) is 35.8. The molecule has 0 spiro atoms. The Labute approximate surface area is 421 Å². The Kier molecular flexibility index (Phi) is 10.3. The molecular formula is C65H45N3O5. The zero-order chi connectivity index (χ0) is 49.2. The highest BCUT2D eigenvalue weighted by atomic mass is 16.5. The van der Waals surface area contributed by atoms with E-state index in [0.717, 1.165) is 74.2 Å². The third-order valence-corrected chi connectivity index (χ3v) is 14.1. The number of carbonyl (C=O) groups is 1. The molecule has 10 aromatic carbocycles. The van der Waals surface area contributed by atoms with Crippen LogP contribution in [0.3, 0.4) is 0 Å². The van der Waals surface area contributed by atoms with Crippen molar-refractivity contribution in [3.8, 4) is 23.0 Å². The van der Waals surface area contributed by atoms with Gasteiger partial charge in [0, 0.05) is 39.7 Å². The van der Waals surface area contributed by atoms with Crippen molar-refractivity contribution in [2.75, 3.05) is 14.7 Å².